The number of anilines is 1. The van der Waals surface area contributed by atoms with Gasteiger partial charge in [0.15, 0.2) is 0 Å². The second kappa shape index (κ2) is 6.03. The summed E-state index contributed by atoms with van der Waals surface area (Å²) in [6, 6.07) is 5.59. The number of nitrogens with one attached hydrogen (secondary N) is 2. The number of amides is 1. The first-order valence-corrected chi connectivity index (χ1v) is 8.16. The summed E-state index contributed by atoms with van der Waals surface area (Å²) in [7, 11) is 1.76. The van der Waals surface area contributed by atoms with Gasteiger partial charge in [-0.1, -0.05) is 11.6 Å². The third-order valence-corrected chi connectivity index (χ3v) is 4.98. The normalized spacial score (nSPS) is 17.1. The lowest BCUT2D eigenvalue weighted by molar-refractivity contribution is 0.0928. The van der Waals surface area contributed by atoms with Crippen LogP contribution >= 0.6 is 22.9 Å². The zero-order valence-electron chi connectivity index (χ0n) is 11.6. The number of rotatable bonds is 3. The number of pyridine rings is 1. The molecule has 1 aliphatic carbocycles. The first-order valence-electron chi connectivity index (χ1n) is 6.90. The van der Waals surface area contributed by atoms with Gasteiger partial charge in [0.05, 0.1) is 11.1 Å². The number of carbonyl (C=O) groups excluding carboxylic acids is 1. The van der Waals surface area contributed by atoms with Gasteiger partial charge in [-0.05, 0) is 48.4 Å². The van der Waals surface area contributed by atoms with Gasteiger partial charge < -0.3 is 10.6 Å². The van der Waals surface area contributed by atoms with Crippen LogP contribution in [0.1, 0.15) is 39.8 Å². The Morgan fingerprint density at radius 1 is 1.43 bits per heavy atom. The van der Waals surface area contributed by atoms with E-state index in [0.29, 0.717) is 10.8 Å². The molecule has 3 rings (SSSR count). The summed E-state index contributed by atoms with van der Waals surface area (Å²) >= 11 is 7.85. The number of aromatic nitrogens is 1. The Morgan fingerprint density at radius 2 is 2.29 bits per heavy atom. The highest BCUT2D eigenvalue weighted by molar-refractivity contribution is 7.10. The van der Waals surface area contributed by atoms with E-state index in [1.807, 2.05) is 0 Å². The van der Waals surface area contributed by atoms with Crippen LogP contribution in [-0.4, -0.2) is 17.9 Å². The Morgan fingerprint density at radius 3 is 3.10 bits per heavy atom. The lowest BCUT2D eigenvalue weighted by Crippen LogP contribution is -2.31. The van der Waals surface area contributed by atoms with Crippen LogP contribution in [0.3, 0.4) is 0 Å². The van der Waals surface area contributed by atoms with Crippen molar-refractivity contribution in [2.24, 2.45) is 0 Å². The zero-order valence-corrected chi connectivity index (χ0v) is 13.2. The van der Waals surface area contributed by atoms with E-state index < -0.39 is 0 Å². The third kappa shape index (κ3) is 2.89. The Labute approximate surface area is 132 Å². The van der Waals surface area contributed by atoms with E-state index in [2.05, 4.69) is 27.1 Å². The van der Waals surface area contributed by atoms with Gasteiger partial charge in [-0.3, -0.25) is 4.79 Å². The maximum Gasteiger partial charge on any atom is 0.272 e. The van der Waals surface area contributed by atoms with E-state index in [-0.39, 0.29) is 17.6 Å². The summed E-state index contributed by atoms with van der Waals surface area (Å²) in [5.41, 5.74) is 1.51. The topological polar surface area (TPSA) is 54.0 Å². The number of fused-ring (bicyclic) bond motifs is 1. The standard InChI is InChI=1S/C15H16ClN3OS/c1-17-13-6-5-10(16)14(19-13)15(20)18-11-3-2-4-12-9(11)7-8-21-12/h5-8,11H,2-4H2,1H3,(H,17,19)(H,18,20). The molecule has 0 aromatic carbocycles. The van der Waals surface area contributed by atoms with Gasteiger partial charge in [-0.2, -0.15) is 0 Å². The number of aryl methyl sites for hydroxylation is 1. The van der Waals surface area contributed by atoms with Gasteiger partial charge in [0.1, 0.15) is 11.5 Å². The minimum Gasteiger partial charge on any atom is -0.373 e. The molecule has 1 atom stereocenters. The van der Waals surface area contributed by atoms with E-state index >= 15 is 0 Å². The van der Waals surface area contributed by atoms with E-state index in [4.69, 9.17) is 11.6 Å². The highest BCUT2D eigenvalue weighted by atomic mass is 35.5. The molecule has 0 bridgehead atoms. The van der Waals surface area contributed by atoms with Gasteiger partial charge in [0.2, 0.25) is 0 Å². The molecule has 0 radical (unpaired) electrons. The fourth-order valence-electron chi connectivity index (χ4n) is 2.60. The highest BCUT2D eigenvalue weighted by Gasteiger charge is 2.24. The summed E-state index contributed by atoms with van der Waals surface area (Å²) in [4.78, 5) is 18.1. The number of hydrogen-bond acceptors (Lipinski definition) is 4. The SMILES string of the molecule is CNc1ccc(Cl)c(C(=O)NC2CCCc3sccc32)n1. The van der Waals surface area contributed by atoms with Crippen molar-refractivity contribution in [1.29, 1.82) is 0 Å². The quantitative estimate of drug-likeness (QED) is 0.907. The molecule has 2 N–H and O–H groups in total. The van der Waals surface area contributed by atoms with Crippen LogP contribution in [0.4, 0.5) is 5.82 Å². The number of carbonyl (C=O) groups is 1. The average Bonchev–Trinajstić information content (AvgIpc) is 2.97. The van der Waals surface area contributed by atoms with E-state index in [1.54, 1.807) is 30.5 Å². The van der Waals surface area contributed by atoms with E-state index in [1.165, 1.54) is 10.4 Å². The third-order valence-electron chi connectivity index (χ3n) is 3.67. The Hall–Kier alpha value is -1.59. The Bertz CT molecular complexity index is 671. The smallest absolute Gasteiger partial charge is 0.272 e. The van der Waals surface area contributed by atoms with Crippen LogP contribution < -0.4 is 10.6 Å². The van der Waals surface area contributed by atoms with Gasteiger partial charge >= 0.3 is 0 Å². The minimum absolute atomic E-state index is 0.0589. The predicted molar refractivity (Wildman–Crippen MR) is 86.3 cm³/mol. The number of thiophene rings is 1. The minimum atomic E-state index is -0.221. The Balaban J connectivity index is 1.82. The van der Waals surface area contributed by atoms with Gasteiger partial charge in [-0.25, -0.2) is 4.98 Å². The van der Waals surface area contributed by atoms with Crippen LogP contribution in [0.25, 0.3) is 0 Å². The van der Waals surface area contributed by atoms with Crippen LogP contribution in [0.5, 0.6) is 0 Å². The maximum absolute atomic E-state index is 12.5. The molecule has 4 nitrogen and oxygen atoms in total. The Kier molecular flexibility index (Phi) is 4.12. The number of nitrogens with zero attached hydrogens (tertiary/aromatic N) is 1. The molecule has 1 aliphatic rings. The largest absolute Gasteiger partial charge is 0.373 e. The van der Waals surface area contributed by atoms with Crippen molar-refractivity contribution in [3.8, 4) is 0 Å². The molecule has 2 aromatic rings. The van der Waals surface area contributed by atoms with Crippen molar-refractivity contribution in [2.75, 3.05) is 12.4 Å². The maximum atomic E-state index is 12.5. The summed E-state index contributed by atoms with van der Waals surface area (Å²) in [5, 5.41) is 8.43. The van der Waals surface area contributed by atoms with Crippen molar-refractivity contribution in [3.05, 3.63) is 44.7 Å². The fraction of sp³-hybridized carbons (Fsp3) is 0.333. The molecule has 110 valence electrons. The summed E-state index contributed by atoms with van der Waals surface area (Å²) < 4.78 is 0. The molecule has 0 saturated carbocycles. The molecule has 1 unspecified atom stereocenters. The average molecular weight is 322 g/mol. The summed E-state index contributed by atoms with van der Waals surface area (Å²) in [6.45, 7) is 0. The van der Waals surface area contributed by atoms with Gasteiger partial charge in [0.25, 0.3) is 5.91 Å². The predicted octanol–water partition coefficient (Wildman–Crippen LogP) is 3.65. The monoisotopic (exact) mass is 321 g/mol. The molecular formula is C15H16ClN3OS. The molecule has 21 heavy (non-hydrogen) atoms. The van der Waals surface area contributed by atoms with Crippen molar-refractivity contribution >= 4 is 34.7 Å². The molecule has 0 aliphatic heterocycles. The molecule has 1 amide bonds. The van der Waals surface area contributed by atoms with Crippen molar-refractivity contribution < 1.29 is 4.79 Å². The van der Waals surface area contributed by atoms with E-state index in [9.17, 15) is 4.79 Å². The van der Waals surface area contributed by atoms with Gasteiger partial charge in [0, 0.05) is 11.9 Å². The molecule has 0 spiro atoms. The number of halogens is 1. The molecule has 0 saturated heterocycles. The van der Waals surface area contributed by atoms with Crippen molar-refractivity contribution in [3.63, 3.8) is 0 Å². The summed E-state index contributed by atoms with van der Waals surface area (Å²) in [6.07, 6.45) is 3.16. The molecule has 2 heterocycles. The van der Waals surface area contributed by atoms with Crippen LogP contribution in [0.2, 0.25) is 5.02 Å². The first-order chi connectivity index (χ1) is 10.2. The molecular weight excluding hydrogens is 306 g/mol. The zero-order chi connectivity index (χ0) is 14.8. The lowest BCUT2D eigenvalue weighted by Gasteiger charge is -2.23. The van der Waals surface area contributed by atoms with Gasteiger partial charge in [-0.15, -0.1) is 11.3 Å². The summed E-state index contributed by atoms with van der Waals surface area (Å²) in [5.74, 6) is 0.408. The highest BCUT2D eigenvalue weighted by Crippen LogP contribution is 2.33. The lowest BCUT2D eigenvalue weighted by atomic mass is 9.94. The van der Waals surface area contributed by atoms with Crippen molar-refractivity contribution in [1.82, 2.24) is 10.3 Å². The second-order valence-electron chi connectivity index (χ2n) is 4.99. The van der Waals surface area contributed by atoms with Crippen LogP contribution in [0, 0.1) is 0 Å². The molecule has 0 fully saturated rings. The fourth-order valence-corrected chi connectivity index (χ4v) is 3.78. The number of hydrogen-bond donors (Lipinski definition) is 2. The van der Waals surface area contributed by atoms with Crippen LogP contribution in [-0.2, 0) is 6.42 Å². The first kappa shape index (κ1) is 14.4. The van der Waals surface area contributed by atoms with Crippen molar-refractivity contribution in [2.45, 2.75) is 25.3 Å². The second-order valence-corrected chi connectivity index (χ2v) is 6.40. The molecule has 6 heteroatoms. The molecule has 2 aromatic heterocycles. The van der Waals surface area contributed by atoms with Crippen LogP contribution in [0.15, 0.2) is 23.6 Å². The van der Waals surface area contributed by atoms with E-state index in [0.717, 1.165) is 19.3 Å².